The van der Waals surface area contributed by atoms with E-state index in [1.807, 2.05) is 0 Å². The summed E-state index contributed by atoms with van der Waals surface area (Å²) in [5.41, 5.74) is 0.635. The smallest absolute Gasteiger partial charge is 0.335 e. The zero-order chi connectivity index (χ0) is 14.2. The monoisotopic (exact) mass is 283 g/mol. The Labute approximate surface area is 112 Å². The third-order valence-corrected chi connectivity index (χ3v) is 5.18. The lowest BCUT2D eigenvalue weighted by molar-refractivity contribution is 0.0696. The third-order valence-electron chi connectivity index (χ3n) is 3.17. The van der Waals surface area contributed by atoms with E-state index in [2.05, 4.69) is 0 Å². The van der Waals surface area contributed by atoms with Crippen molar-refractivity contribution < 1.29 is 18.3 Å². The highest BCUT2D eigenvalue weighted by Crippen LogP contribution is 2.32. The van der Waals surface area contributed by atoms with Crippen molar-refractivity contribution >= 4 is 16.0 Å². The molecule has 0 spiro atoms. The summed E-state index contributed by atoms with van der Waals surface area (Å²) in [4.78, 5) is 11.1. The van der Waals surface area contributed by atoms with E-state index in [1.165, 1.54) is 22.5 Å². The summed E-state index contributed by atoms with van der Waals surface area (Å²) in [6, 6.07) is 4.29. The number of benzene rings is 1. The van der Waals surface area contributed by atoms with Crippen molar-refractivity contribution in [3.63, 3.8) is 0 Å². The summed E-state index contributed by atoms with van der Waals surface area (Å²) in [7, 11) is -3.60. The molecule has 1 N–H and O–H groups in total. The van der Waals surface area contributed by atoms with E-state index >= 15 is 0 Å². The zero-order valence-corrected chi connectivity index (χ0v) is 11.8. The van der Waals surface area contributed by atoms with Crippen molar-refractivity contribution in [2.24, 2.45) is 0 Å². The maximum atomic E-state index is 12.5. The zero-order valence-electron chi connectivity index (χ0n) is 11.0. The maximum absolute atomic E-state index is 12.5. The van der Waals surface area contributed by atoms with Gasteiger partial charge in [0.2, 0.25) is 10.0 Å². The first-order valence-electron chi connectivity index (χ1n) is 6.23. The van der Waals surface area contributed by atoms with Crippen molar-refractivity contribution in [1.82, 2.24) is 4.31 Å². The molecule has 6 heteroatoms. The molecule has 1 aliphatic carbocycles. The first kappa shape index (κ1) is 14.0. The van der Waals surface area contributed by atoms with Crippen LogP contribution in [0.15, 0.2) is 23.1 Å². The molecule has 5 nitrogen and oxygen atoms in total. The summed E-state index contributed by atoms with van der Waals surface area (Å²) in [5.74, 6) is -1.12. The van der Waals surface area contributed by atoms with Gasteiger partial charge in [-0.1, -0.05) is 6.92 Å². The Kier molecular flexibility index (Phi) is 3.64. The molecule has 0 radical (unpaired) electrons. The van der Waals surface area contributed by atoms with Crippen LogP contribution in [0.25, 0.3) is 0 Å². The van der Waals surface area contributed by atoms with Crippen molar-refractivity contribution in [3.05, 3.63) is 29.3 Å². The minimum Gasteiger partial charge on any atom is -0.478 e. The van der Waals surface area contributed by atoms with Gasteiger partial charge in [-0.3, -0.25) is 0 Å². The minimum absolute atomic E-state index is 0.00502. The fourth-order valence-corrected chi connectivity index (χ4v) is 3.97. The van der Waals surface area contributed by atoms with Gasteiger partial charge in [-0.2, -0.15) is 4.31 Å². The lowest BCUT2D eigenvalue weighted by atomic mass is 10.1. The second kappa shape index (κ2) is 4.94. The van der Waals surface area contributed by atoms with Crippen molar-refractivity contribution in [1.29, 1.82) is 0 Å². The molecule has 0 heterocycles. The molecule has 0 unspecified atom stereocenters. The molecule has 0 aromatic heterocycles. The molecule has 1 aliphatic rings. The molecule has 1 aromatic rings. The van der Waals surface area contributed by atoms with Crippen molar-refractivity contribution in [3.8, 4) is 0 Å². The Morgan fingerprint density at radius 3 is 2.47 bits per heavy atom. The predicted octanol–water partition coefficient (Wildman–Crippen LogP) is 1.87. The standard InChI is InChI=1S/C13H17NO4S/c1-3-14(11-4-5-11)19(17,18)12-7-9(2)6-10(8-12)13(15)16/h6-8,11H,3-5H2,1-2H3,(H,15,16). The van der Waals surface area contributed by atoms with Crippen LogP contribution in [0, 0.1) is 6.92 Å². The summed E-state index contributed by atoms with van der Waals surface area (Å²) in [6.07, 6.45) is 1.76. The molecule has 19 heavy (non-hydrogen) atoms. The van der Waals surface area contributed by atoms with Gasteiger partial charge in [-0.15, -0.1) is 0 Å². The van der Waals surface area contributed by atoms with E-state index in [0.717, 1.165) is 12.8 Å². The van der Waals surface area contributed by atoms with Crippen LogP contribution in [-0.4, -0.2) is 36.4 Å². The molecule has 0 amide bonds. The van der Waals surface area contributed by atoms with Crippen molar-refractivity contribution in [2.45, 2.75) is 37.6 Å². The van der Waals surface area contributed by atoms with Crippen LogP contribution < -0.4 is 0 Å². The topological polar surface area (TPSA) is 74.7 Å². The average Bonchev–Trinajstić information content (AvgIpc) is 3.13. The minimum atomic E-state index is -3.60. The summed E-state index contributed by atoms with van der Waals surface area (Å²) >= 11 is 0. The van der Waals surface area contributed by atoms with Gasteiger partial charge in [-0.25, -0.2) is 13.2 Å². The molecular weight excluding hydrogens is 266 g/mol. The molecule has 1 fully saturated rings. The number of hydrogen-bond donors (Lipinski definition) is 1. The van der Waals surface area contributed by atoms with Crippen molar-refractivity contribution in [2.75, 3.05) is 6.54 Å². The highest BCUT2D eigenvalue weighted by molar-refractivity contribution is 7.89. The van der Waals surface area contributed by atoms with Gasteiger partial charge in [0.1, 0.15) is 0 Å². The van der Waals surface area contributed by atoms with Crippen LogP contribution in [0.4, 0.5) is 0 Å². The quantitative estimate of drug-likeness (QED) is 0.895. The largest absolute Gasteiger partial charge is 0.478 e. The SMILES string of the molecule is CCN(C1CC1)S(=O)(=O)c1cc(C)cc(C(=O)O)c1. The first-order chi connectivity index (χ1) is 8.86. The van der Waals surface area contributed by atoms with Gasteiger partial charge in [0, 0.05) is 12.6 Å². The fourth-order valence-electron chi connectivity index (χ4n) is 2.14. The molecule has 1 saturated carbocycles. The van der Waals surface area contributed by atoms with E-state index < -0.39 is 16.0 Å². The van der Waals surface area contributed by atoms with E-state index in [0.29, 0.717) is 12.1 Å². The molecular formula is C13H17NO4S. The first-order valence-corrected chi connectivity index (χ1v) is 7.67. The van der Waals surface area contributed by atoms with Crippen LogP contribution in [-0.2, 0) is 10.0 Å². The van der Waals surface area contributed by atoms with E-state index in [-0.39, 0.29) is 16.5 Å². The number of rotatable bonds is 5. The van der Waals surface area contributed by atoms with E-state index in [1.54, 1.807) is 13.8 Å². The normalized spacial score (nSPS) is 15.7. The Morgan fingerprint density at radius 1 is 1.37 bits per heavy atom. The van der Waals surface area contributed by atoms with Gasteiger partial charge in [0.25, 0.3) is 0 Å². The van der Waals surface area contributed by atoms with Gasteiger partial charge in [0.15, 0.2) is 0 Å². The molecule has 2 rings (SSSR count). The summed E-state index contributed by atoms with van der Waals surface area (Å²) in [6.45, 7) is 3.89. The van der Waals surface area contributed by atoms with Crippen LogP contribution in [0.2, 0.25) is 0 Å². The summed E-state index contributed by atoms with van der Waals surface area (Å²) in [5, 5.41) is 9.01. The van der Waals surface area contributed by atoms with E-state index in [9.17, 15) is 13.2 Å². The van der Waals surface area contributed by atoms with Gasteiger partial charge in [-0.05, 0) is 43.5 Å². The number of carboxylic acid groups (broad SMARTS) is 1. The molecule has 0 bridgehead atoms. The van der Waals surface area contributed by atoms with Gasteiger partial charge in [0.05, 0.1) is 10.5 Å². The van der Waals surface area contributed by atoms with Gasteiger partial charge < -0.3 is 5.11 Å². The van der Waals surface area contributed by atoms with Crippen LogP contribution in [0.5, 0.6) is 0 Å². The number of aromatic carboxylic acids is 1. The number of nitrogens with zero attached hydrogens (tertiary/aromatic N) is 1. The molecule has 0 atom stereocenters. The van der Waals surface area contributed by atoms with Gasteiger partial charge >= 0.3 is 5.97 Å². The number of carboxylic acids is 1. The second-order valence-electron chi connectivity index (χ2n) is 4.78. The summed E-state index contributed by atoms with van der Waals surface area (Å²) < 4.78 is 26.5. The van der Waals surface area contributed by atoms with Crippen LogP contribution in [0.3, 0.4) is 0 Å². The molecule has 0 saturated heterocycles. The fraction of sp³-hybridized carbons (Fsp3) is 0.462. The lowest BCUT2D eigenvalue weighted by Gasteiger charge is -2.20. The van der Waals surface area contributed by atoms with Crippen LogP contribution >= 0.6 is 0 Å². The number of sulfonamides is 1. The molecule has 0 aliphatic heterocycles. The Balaban J connectivity index is 2.47. The molecule has 104 valence electrons. The third kappa shape index (κ3) is 2.79. The highest BCUT2D eigenvalue weighted by atomic mass is 32.2. The van der Waals surface area contributed by atoms with Crippen LogP contribution in [0.1, 0.15) is 35.7 Å². The Bertz CT molecular complexity index is 605. The highest BCUT2D eigenvalue weighted by Gasteiger charge is 2.37. The second-order valence-corrected chi connectivity index (χ2v) is 6.67. The average molecular weight is 283 g/mol. The number of carbonyl (C=O) groups is 1. The Hall–Kier alpha value is -1.40. The lowest BCUT2D eigenvalue weighted by Crippen LogP contribution is -2.33. The predicted molar refractivity (Wildman–Crippen MR) is 70.7 cm³/mol. The number of hydrogen-bond acceptors (Lipinski definition) is 3. The maximum Gasteiger partial charge on any atom is 0.335 e. The Morgan fingerprint density at radius 2 is 2.00 bits per heavy atom. The number of aryl methyl sites for hydroxylation is 1. The van der Waals surface area contributed by atoms with E-state index in [4.69, 9.17) is 5.11 Å². The molecule has 1 aromatic carbocycles.